The van der Waals surface area contributed by atoms with Gasteiger partial charge in [-0.05, 0) is 18.9 Å². The van der Waals surface area contributed by atoms with Gasteiger partial charge in [-0.1, -0.05) is 51.2 Å². The zero-order valence-electron chi connectivity index (χ0n) is 10.6. The largest absolute Gasteiger partial charge is 0.435 e. The summed E-state index contributed by atoms with van der Waals surface area (Å²) in [7, 11) is 0. The first-order valence-corrected chi connectivity index (χ1v) is 6.26. The highest BCUT2D eigenvalue weighted by molar-refractivity contribution is 5.66. The van der Waals surface area contributed by atoms with E-state index in [2.05, 4.69) is 17.7 Å². The first kappa shape index (κ1) is 14.9. The Labute approximate surface area is 99.4 Å². The molecule has 0 aliphatic rings. The standard InChI is InChI=1S/C14H24O2/c1-3-4-5-6-7-8-9-10-11-12-13-16-14(2)15/h10-13H,3-9H2,1-2H3/b11-10?,13-12+. The second kappa shape index (κ2) is 12.0. The van der Waals surface area contributed by atoms with Crippen LogP contribution in [0.1, 0.15) is 58.8 Å². The molecule has 2 heteroatoms. The van der Waals surface area contributed by atoms with Crippen LogP contribution in [0.2, 0.25) is 0 Å². The number of carbonyl (C=O) groups excluding carboxylic acids is 1. The molecule has 0 aliphatic heterocycles. The van der Waals surface area contributed by atoms with Crippen molar-refractivity contribution in [2.45, 2.75) is 58.8 Å². The van der Waals surface area contributed by atoms with Gasteiger partial charge in [0.05, 0.1) is 6.26 Å². The average Bonchev–Trinajstić information content (AvgIpc) is 2.25. The van der Waals surface area contributed by atoms with Crippen LogP contribution in [-0.4, -0.2) is 5.97 Å². The summed E-state index contributed by atoms with van der Waals surface area (Å²) in [5, 5.41) is 0. The minimum atomic E-state index is -0.277. The predicted molar refractivity (Wildman–Crippen MR) is 68.0 cm³/mol. The molecule has 0 aromatic carbocycles. The molecule has 0 aliphatic carbocycles. The van der Waals surface area contributed by atoms with E-state index in [1.54, 1.807) is 6.08 Å². The van der Waals surface area contributed by atoms with Crippen molar-refractivity contribution in [3.8, 4) is 0 Å². The molecule has 0 spiro atoms. The Morgan fingerprint density at radius 2 is 1.75 bits per heavy atom. The Morgan fingerprint density at radius 1 is 1.06 bits per heavy atom. The maximum Gasteiger partial charge on any atom is 0.307 e. The van der Waals surface area contributed by atoms with Crippen molar-refractivity contribution >= 4 is 5.97 Å². The lowest BCUT2D eigenvalue weighted by molar-refractivity contribution is -0.135. The molecule has 0 aromatic heterocycles. The van der Waals surface area contributed by atoms with Crippen LogP contribution >= 0.6 is 0 Å². The molecule has 0 bridgehead atoms. The highest BCUT2D eigenvalue weighted by Gasteiger charge is 1.87. The normalized spacial score (nSPS) is 11.4. The maximum atomic E-state index is 10.4. The van der Waals surface area contributed by atoms with E-state index in [4.69, 9.17) is 0 Å². The first-order chi connectivity index (χ1) is 7.77. The van der Waals surface area contributed by atoms with Crippen molar-refractivity contribution < 1.29 is 9.53 Å². The molecule has 0 atom stereocenters. The van der Waals surface area contributed by atoms with E-state index in [1.807, 2.05) is 6.08 Å². The second-order valence-corrected chi connectivity index (χ2v) is 3.92. The van der Waals surface area contributed by atoms with Crippen molar-refractivity contribution in [3.05, 3.63) is 24.5 Å². The molecule has 0 radical (unpaired) electrons. The Bertz CT molecular complexity index is 217. The number of allylic oxidation sites excluding steroid dienone is 3. The fourth-order valence-corrected chi connectivity index (χ4v) is 1.40. The summed E-state index contributed by atoms with van der Waals surface area (Å²) in [5.41, 5.74) is 0. The Morgan fingerprint density at radius 3 is 2.44 bits per heavy atom. The van der Waals surface area contributed by atoms with Crippen LogP contribution in [0.3, 0.4) is 0 Å². The fourth-order valence-electron chi connectivity index (χ4n) is 1.40. The highest BCUT2D eigenvalue weighted by Crippen LogP contribution is 2.07. The third-order valence-corrected chi connectivity index (χ3v) is 2.28. The van der Waals surface area contributed by atoms with Crippen molar-refractivity contribution in [2.75, 3.05) is 0 Å². The van der Waals surface area contributed by atoms with E-state index in [0.717, 1.165) is 6.42 Å². The van der Waals surface area contributed by atoms with Crippen LogP contribution in [0.15, 0.2) is 24.5 Å². The third kappa shape index (κ3) is 12.9. The van der Waals surface area contributed by atoms with Crippen molar-refractivity contribution in [1.29, 1.82) is 0 Å². The van der Waals surface area contributed by atoms with Gasteiger partial charge in [-0.15, -0.1) is 0 Å². The molecule has 0 saturated carbocycles. The molecule has 92 valence electrons. The summed E-state index contributed by atoms with van der Waals surface area (Å²) >= 11 is 0. The van der Waals surface area contributed by atoms with Gasteiger partial charge in [0, 0.05) is 6.92 Å². The van der Waals surface area contributed by atoms with Gasteiger partial charge < -0.3 is 4.74 Å². The SMILES string of the molecule is CCCCCCCCC=C/C=C/OC(C)=O. The number of esters is 1. The number of rotatable bonds is 9. The highest BCUT2D eigenvalue weighted by atomic mass is 16.5. The maximum absolute atomic E-state index is 10.4. The lowest BCUT2D eigenvalue weighted by atomic mass is 10.1. The monoisotopic (exact) mass is 224 g/mol. The summed E-state index contributed by atoms with van der Waals surface area (Å²) in [6, 6.07) is 0. The van der Waals surface area contributed by atoms with Crippen molar-refractivity contribution in [2.24, 2.45) is 0 Å². The van der Waals surface area contributed by atoms with Crippen LogP contribution < -0.4 is 0 Å². The van der Waals surface area contributed by atoms with E-state index < -0.39 is 0 Å². The number of hydrogen-bond acceptors (Lipinski definition) is 2. The summed E-state index contributed by atoms with van der Waals surface area (Å²) in [6.07, 6.45) is 16.3. The molecule has 0 rings (SSSR count). The van der Waals surface area contributed by atoms with Gasteiger partial charge >= 0.3 is 5.97 Å². The molecule has 0 heterocycles. The minimum absolute atomic E-state index is 0.277. The fraction of sp³-hybridized carbons (Fsp3) is 0.643. The van der Waals surface area contributed by atoms with Crippen LogP contribution in [0, 0.1) is 0 Å². The van der Waals surface area contributed by atoms with Crippen LogP contribution in [0.5, 0.6) is 0 Å². The van der Waals surface area contributed by atoms with Gasteiger partial charge in [-0.25, -0.2) is 0 Å². The third-order valence-electron chi connectivity index (χ3n) is 2.28. The molecule has 0 N–H and O–H groups in total. The van der Waals surface area contributed by atoms with Gasteiger partial charge in [-0.2, -0.15) is 0 Å². The molecule has 0 unspecified atom stereocenters. The number of carbonyl (C=O) groups is 1. The quantitative estimate of drug-likeness (QED) is 0.251. The van der Waals surface area contributed by atoms with E-state index in [0.29, 0.717) is 0 Å². The summed E-state index contributed by atoms with van der Waals surface area (Å²) in [6.45, 7) is 3.63. The van der Waals surface area contributed by atoms with E-state index >= 15 is 0 Å². The predicted octanol–water partition coefficient (Wildman–Crippen LogP) is 4.37. The molecule has 0 fully saturated rings. The topological polar surface area (TPSA) is 26.3 Å². The van der Waals surface area contributed by atoms with Gasteiger partial charge in [0.1, 0.15) is 0 Å². The number of ether oxygens (including phenoxy) is 1. The van der Waals surface area contributed by atoms with Gasteiger partial charge in [0.25, 0.3) is 0 Å². The Balaban J connectivity index is 3.21. The molecular weight excluding hydrogens is 200 g/mol. The summed E-state index contributed by atoms with van der Waals surface area (Å²) in [5.74, 6) is -0.277. The zero-order chi connectivity index (χ0) is 12.1. The van der Waals surface area contributed by atoms with Crippen LogP contribution in [-0.2, 0) is 9.53 Å². The molecule has 16 heavy (non-hydrogen) atoms. The molecule has 0 amide bonds. The molecule has 2 nitrogen and oxygen atoms in total. The van der Waals surface area contributed by atoms with Crippen LogP contribution in [0.4, 0.5) is 0 Å². The smallest absolute Gasteiger partial charge is 0.307 e. The first-order valence-electron chi connectivity index (χ1n) is 6.26. The van der Waals surface area contributed by atoms with Gasteiger partial charge in [0.15, 0.2) is 0 Å². The minimum Gasteiger partial charge on any atom is -0.435 e. The molecule has 0 saturated heterocycles. The number of unbranched alkanes of at least 4 members (excludes halogenated alkanes) is 6. The van der Waals surface area contributed by atoms with Crippen LogP contribution in [0.25, 0.3) is 0 Å². The Hall–Kier alpha value is -1.05. The lowest BCUT2D eigenvalue weighted by Gasteiger charge is -1.97. The molecular formula is C14H24O2. The zero-order valence-corrected chi connectivity index (χ0v) is 10.6. The van der Waals surface area contributed by atoms with E-state index in [-0.39, 0.29) is 5.97 Å². The molecule has 0 aromatic rings. The van der Waals surface area contributed by atoms with Gasteiger partial charge in [0.2, 0.25) is 0 Å². The van der Waals surface area contributed by atoms with E-state index in [9.17, 15) is 4.79 Å². The number of hydrogen-bond donors (Lipinski definition) is 0. The second-order valence-electron chi connectivity index (χ2n) is 3.92. The van der Waals surface area contributed by atoms with Gasteiger partial charge in [-0.3, -0.25) is 4.79 Å². The average molecular weight is 224 g/mol. The van der Waals surface area contributed by atoms with E-state index in [1.165, 1.54) is 51.7 Å². The van der Waals surface area contributed by atoms with Crippen molar-refractivity contribution in [3.63, 3.8) is 0 Å². The summed E-state index contributed by atoms with van der Waals surface area (Å²) < 4.78 is 4.64. The lowest BCUT2D eigenvalue weighted by Crippen LogP contribution is -1.88. The van der Waals surface area contributed by atoms with Crippen molar-refractivity contribution in [1.82, 2.24) is 0 Å². The Kier molecular flexibility index (Phi) is 11.2. The summed E-state index contributed by atoms with van der Waals surface area (Å²) in [4.78, 5) is 10.4.